The Kier molecular flexibility index (Phi) is 3.35. The number of allylic oxidation sites excluding steroid dienone is 2. The third-order valence-electron chi connectivity index (χ3n) is 8.11. The lowest BCUT2D eigenvalue weighted by molar-refractivity contribution is -0.119. The van der Waals surface area contributed by atoms with Crippen molar-refractivity contribution in [2.75, 3.05) is 0 Å². The highest BCUT2D eigenvalue weighted by molar-refractivity contribution is 5.82. The first-order valence-electron chi connectivity index (χ1n) is 9.43. The molecule has 4 aliphatic carbocycles. The standard InChI is InChI=1S/C20H30O2/c1-3-20(22)11-9-18-17-6-4-13-12-14(21)5-7-15(13)16(17)8-10-19(18,20)2/h16-18,22H,3-12H2,1-2H3. The molecule has 0 amide bonds. The van der Waals surface area contributed by atoms with Crippen molar-refractivity contribution in [3.05, 3.63) is 11.1 Å². The van der Waals surface area contributed by atoms with Crippen LogP contribution in [0.15, 0.2) is 11.1 Å². The highest BCUT2D eigenvalue weighted by Crippen LogP contribution is 2.64. The number of ketones is 1. The molecule has 5 atom stereocenters. The summed E-state index contributed by atoms with van der Waals surface area (Å²) in [6.45, 7) is 4.53. The summed E-state index contributed by atoms with van der Waals surface area (Å²) < 4.78 is 0. The van der Waals surface area contributed by atoms with Crippen LogP contribution in [0, 0.1) is 23.2 Å². The molecule has 122 valence electrons. The van der Waals surface area contributed by atoms with E-state index in [-0.39, 0.29) is 5.41 Å². The highest BCUT2D eigenvalue weighted by Gasteiger charge is 2.60. The van der Waals surface area contributed by atoms with Gasteiger partial charge in [-0.2, -0.15) is 0 Å². The fraction of sp³-hybridized carbons (Fsp3) is 0.850. The van der Waals surface area contributed by atoms with E-state index in [2.05, 4.69) is 13.8 Å². The molecule has 1 N–H and O–H groups in total. The molecule has 0 aromatic carbocycles. The molecule has 0 aromatic rings. The van der Waals surface area contributed by atoms with Gasteiger partial charge in [-0.3, -0.25) is 4.79 Å². The van der Waals surface area contributed by atoms with E-state index in [0.717, 1.165) is 50.4 Å². The number of hydrogen-bond acceptors (Lipinski definition) is 2. The van der Waals surface area contributed by atoms with Crippen LogP contribution >= 0.6 is 0 Å². The summed E-state index contributed by atoms with van der Waals surface area (Å²) in [6, 6.07) is 0. The molecule has 2 heteroatoms. The van der Waals surface area contributed by atoms with Gasteiger partial charge in [-0.1, -0.05) is 25.0 Å². The van der Waals surface area contributed by atoms with Gasteiger partial charge in [-0.05, 0) is 74.5 Å². The summed E-state index contributed by atoms with van der Waals surface area (Å²) in [6.07, 6.45) is 10.5. The average Bonchev–Trinajstić information content (AvgIpc) is 2.79. The second-order valence-electron chi connectivity index (χ2n) is 8.64. The molecule has 0 bridgehead atoms. The topological polar surface area (TPSA) is 37.3 Å². The van der Waals surface area contributed by atoms with Crippen LogP contribution in [0.4, 0.5) is 0 Å². The molecule has 2 saturated carbocycles. The number of rotatable bonds is 1. The number of aliphatic hydroxyl groups is 1. The highest BCUT2D eigenvalue weighted by atomic mass is 16.3. The molecule has 2 fully saturated rings. The third-order valence-corrected chi connectivity index (χ3v) is 8.11. The van der Waals surface area contributed by atoms with Crippen molar-refractivity contribution in [2.24, 2.45) is 23.2 Å². The van der Waals surface area contributed by atoms with Crippen molar-refractivity contribution in [3.8, 4) is 0 Å². The van der Waals surface area contributed by atoms with E-state index >= 15 is 0 Å². The minimum Gasteiger partial charge on any atom is -0.389 e. The van der Waals surface area contributed by atoms with Crippen molar-refractivity contribution in [2.45, 2.75) is 83.7 Å². The van der Waals surface area contributed by atoms with E-state index < -0.39 is 5.60 Å². The third kappa shape index (κ3) is 1.85. The minimum atomic E-state index is -0.431. The van der Waals surface area contributed by atoms with Crippen LogP contribution in [-0.4, -0.2) is 16.5 Å². The van der Waals surface area contributed by atoms with Crippen LogP contribution in [0.3, 0.4) is 0 Å². The van der Waals surface area contributed by atoms with Crippen LogP contribution in [-0.2, 0) is 4.79 Å². The van der Waals surface area contributed by atoms with Gasteiger partial charge in [0, 0.05) is 12.8 Å². The summed E-state index contributed by atoms with van der Waals surface area (Å²) in [5, 5.41) is 11.2. The van der Waals surface area contributed by atoms with E-state index in [9.17, 15) is 9.90 Å². The largest absolute Gasteiger partial charge is 0.389 e. The first kappa shape index (κ1) is 14.9. The van der Waals surface area contributed by atoms with Crippen molar-refractivity contribution in [3.63, 3.8) is 0 Å². The van der Waals surface area contributed by atoms with Gasteiger partial charge in [0.2, 0.25) is 0 Å². The van der Waals surface area contributed by atoms with Crippen LogP contribution in [0.1, 0.15) is 78.1 Å². The number of hydrogen-bond donors (Lipinski definition) is 1. The Morgan fingerprint density at radius 3 is 2.73 bits per heavy atom. The molecule has 22 heavy (non-hydrogen) atoms. The zero-order chi connectivity index (χ0) is 15.5. The predicted octanol–water partition coefficient (Wildman–Crippen LogP) is 4.41. The van der Waals surface area contributed by atoms with Crippen LogP contribution in [0.2, 0.25) is 0 Å². The Balaban J connectivity index is 1.65. The van der Waals surface area contributed by atoms with E-state index in [1.165, 1.54) is 31.3 Å². The second kappa shape index (κ2) is 4.93. The molecule has 5 unspecified atom stereocenters. The SMILES string of the molecule is CCC1(O)CCC2C3CCC4=C(CCC(=O)C4)C3CCC21C. The maximum Gasteiger partial charge on any atom is 0.137 e. The van der Waals surface area contributed by atoms with Gasteiger partial charge in [0.25, 0.3) is 0 Å². The fourth-order valence-electron chi connectivity index (χ4n) is 6.74. The van der Waals surface area contributed by atoms with Gasteiger partial charge < -0.3 is 5.11 Å². The first-order valence-corrected chi connectivity index (χ1v) is 9.43. The molecular formula is C20H30O2. The Morgan fingerprint density at radius 2 is 1.95 bits per heavy atom. The lowest BCUT2D eigenvalue weighted by Crippen LogP contribution is -2.51. The van der Waals surface area contributed by atoms with Gasteiger partial charge in [-0.15, -0.1) is 0 Å². The molecule has 0 heterocycles. The summed E-state index contributed by atoms with van der Waals surface area (Å²) in [4.78, 5) is 11.8. The maximum absolute atomic E-state index is 11.8. The lowest BCUT2D eigenvalue weighted by atomic mass is 9.52. The molecule has 0 spiro atoms. The quantitative estimate of drug-likeness (QED) is 0.728. The van der Waals surface area contributed by atoms with Gasteiger partial charge in [0.05, 0.1) is 5.60 Å². The smallest absolute Gasteiger partial charge is 0.137 e. The molecule has 0 aliphatic heterocycles. The Bertz CT molecular complexity index is 534. The van der Waals surface area contributed by atoms with Crippen molar-refractivity contribution in [1.82, 2.24) is 0 Å². The minimum absolute atomic E-state index is 0.130. The molecule has 4 rings (SSSR count). The monoisotopic (exact) mass is 302 g/mol. The summed E-state index contributed by atoms with van der Waals surface area (Å²) in [5.74, 6) is 2.65. The normalized spacial score (nSPS) is 48.0. The van der Waals surface area contributed by atoms with Gasteiger partial charge >= 0.3 is 0 Å². The van der Waals surface area contributed by atoms with Crippen molar-refractivity contribution >= 4 is 5.78 Å². The van der Waals surface area contributed by atoms with Crippen LogP contribution < -0.4 is 0 Å². The zero-order valence-electron chi connectivity index (χ0n) is 14.2. The molecule has 0 radical (unpaired) electrons. The molecule has 2 nitrogen and oxygen atoms in total. The van der Waals surface area contributed by atoms with Crippen molar-refractivity contribution < 1.29 is 9.90 Å². The van der Waals surface area contributed by atoms with Crippen LogP contribution in [0.25, 0.3) is 0 Å². The Hall–Kier alpha value is -0.630. The summed E-state index contributed by atoms with van der Waals surface area (Å²) in [5.41, 5.74) is 2.88. The molecule has 0 saturated heterocycles. The van der Waals surface area contributed by atoms with E-state index in [0.29, 0.717) is 11.7 Å². The maximum atomic E-state index is 11.8. The van der Waals surface area contributed by atoms with E-state index in [1.807, 2.05) is 0 Å². The van der Waals surface area contributed by atoms with Gasteiger partial charge in [0.15, 0.2) is 0 Å². The summed E-state index contributed by atoms with van der Waals surface area (Å²) in [7, 11) is 0. The Labute approximate surface area is 134 Å². The second-order valence-corrected chi connectivity index (χ2v) is 8.64. The number of fused-ring (bicyclic) bond motifs is 4. The fourth-order valence-corrected chi connectivity index (χ4v) is 6.74. The van der Waals surface area contributed by atoms with Crippen LogP contribution in [0.5, 0.6) is 0 Å². The van der Waals surface area contributed by atoms with E-state index in [1.54, 1.807) is 5.57 Å². The van der Waals surface area contributed by atoms with Gasteiger partial charge in [0.1, 0.15) is 5.78 Å². The first-order chi connectivity index (χ1) is 10.5. The number of Topliss-reactive ketones (excluding diaryl/α,β-unsaturated/α-hetero) is 1. The zero-order valence-corrected chi connectivity index (χ0v) is 14.2. The molecule has 0 aromatic heterocycles. The number of carbonyl (C=O) groups excluding carboxylic acids is 1. The molecule has 4 aliphatic rings. The van der Waals surface area contributed by atoms with Gasteiger partial charge in [-0.25, -0.2) is 0 Å². The predicted molar refractivity (Wildman–Crippen MR) is 87.4 cm³/mol. The lowest BCUT2D eigenvalue weighted by Gasteiger charge is -2.54. The average molecular weight is 302 g/mol. The van der Waals surface area contributed by atoms with E-state index in [4.69, 9.17) is 0 Å². The number of carbonyl (C=O) groups is 1. The molecular weight excluding hydrogens is 272 g/mol. The Morgan fingerprint density at radius 1 is 1.14 bits per heavy atom. The van der Waals surface area contributed by atoms with Crippen molar-refractivity contribution in [1.29, 1.82) is 0 Å². The summed E-state index contributed by atoms with van der Waals surface area (Å²) >= 11 is 0.